The van der Waals surface area contributed by atoms with E-state index in [1.54, 1.807) is 14.0 Å². The lowest BCUT2D eigenvalue weighted by atomic mass is 9.94. The first kappa shape index (κ1) is 14.8. The first-order valence-electron chi connectivity index (χ1n) is 6.13. The van der Waals surface area contributed by atoms with Crippen LogP contribution >= 0.6 is 0 Å². The molecule has 1 aromatic rings. The molecular formula is C14H23NO3. The van der Waals surface area contributed by atoms with Gasteiger partial charge in [0.15, 0.2) is 0 Å². The molecule has 0 amide bonds. The summed E-state index contributed by atoms with van der Waals surface area (Å²) in [5.41, 5.74) is 5.69. The Labute approximate surface area is 109 Å². The summed E-state index contributed by atoms with van der Waals surface area (Å²) in [5.74, 6) is 1.56. The molecule has 1 aromatic carbocycles. The summed E-state index contributed by atoms with van der Waals surface area (Å²) in [7, 11) is 1.61. The second-order valence-corrected chi connectivity index (χ2v) is 4.98. The van der Waals surface area contributed by atoms with E-state index in [1.165, 1.54) is 0 Å². The van der Waals surface area contributed by atoms with Gasteiger partial charge in [0.05, 0.1) is 12.7 Å². The van der Waals surface area contributed by atoms with Crippen molar-refractivity contribution in [3.63, 3.8) is 0 Å². The van der Waals surface area contributed by atoms with Crippen molar-refractivity contribution in [2.24, 2.45) is 11.7 Å². The van der Waals surface area contributed by atoms with Crippen molar-refractivity contribution < 1.29 is 14.6 Å². The number of nitrogens with two attached hydrogens (primary N) is 1. The normalized spacial score (nSPS) is 14.4. The molecular weight excluding hydrogens is 230 g/mol. The highest BCUT2D eigenvalue weighted by Gasteiger charge is 2.26. The molecule has 0 spiro atoms. The van der Waals surface area contributed by atoms with Crippen LogP contribution in [0.15, 0.2) is 18.2 Å². The topological polar surface area (TPSA) is 64.7 Å². The molecule has 0 bridgehead atoms. The van der Waals surface area contributed by atoms with Crippen molar-refractivity contribution in [3.05, 3.63) is 23.8 Å². The van der Waals surface area contributed by atoms with Gasteiger partial charge in [-0.1, -0.05) is 13.8 Å². The quantitative estimate of drug-likeness (QED) is 0.813. The Morgan fingerprint density at radius 2 is 2.06 bits per heavy atom. The molecule has 0 fully saturated rings. The second kappa shape index (κ2) is 6.07. The van der Waals surface area contributed by atoms with Gasteiger partial charge in [-0.05, 0) is 31.0 Å². The van der Waals surface area contributed by atoms with Gasteiger partial charge in [0, 0.05) is 12.1 Å². The minimum Gasteiger partial charge on any atom is -0.497 e. The molecule has 0 aliphatic rings. The average molecular weight is 253 g/mol. The summed E-state index contributed by atoms with van der Waals surface area (Å²) in [5, 5.41) is 10.1. The van der Waals surface area contributed by atoms with Crippen molar-refractivity contribution in [1.29, 1.82) is 0 Å². The van der Waals surface area contributed by atoms with E-state index in [9.17, 15) is 5.11 Å². The van der Waals surface area contributed by atoms with Crippen LogP contribution < -0.4 is 15.2 Å². The van der Waals surface area contributed by atoms with Crippen molar-refractivity contribution >= 4 is 0 Å². The number of aliphatic hydroxyl groups is 1. The predicted molar refractivity (Wildman–Crippen MR) is 71.8 cm³/mol. The smallest absolute Gasteiger partial charge is 0.124 e. The number of rotatable bonds is 6. The van der Waals surface area contributed by atoms with Crippen molar-refractivity contribution in [2.45, 2.75) is 32.9 Å². The van der Waals surface area contributed by atoms with Gasteiger partial charge in [-0.2, -0.15) is 0 Å². The maximum Gasteiger partial charge on any atom is 0.124 e. The van der Waals surface area contributed by atoms with Gasteiger partial charge in [0.25, 0.3) is 0 Å². The molecule has 1 unspecified atom stereocenters. The molecule has 0 radical (unpaired) electrons. The third kappa shape index (κ3) is 3.62. The van der Waals surface area contributed by atoms with E-state index in [0.29, 0.717) is 12.3 Å². The fourth-order valence-corrected chi connectivity index (χ4v) is 1.37. The minimum atomic E-state index is -0.855. The van der Waals surface area contributed by atoms with Gasteiger partial charge in [-0.25, -0.2) is 0 Å². The molecule has 1 atom stereocenters. The predicted octanol–water partition coefficient (Wildman–Crippen LogP) is 1.94. The minimum absolute atomic E-state index is 0.122. The first-order valence-corrected chi connectivity index (χ1v) is 6.13. The average Bonchev–Trinajstić information content (AvgIpc) is 2.35. The molecule has 1 rings (SSSR count). The van der Waals surface area contributed by atoms with Crippen molar-refractivity contribution in [1.82, 2.24) is 0 Å². The largest absolute Gasteiger partial charge is 0.497 e. The highest BCUT2D eigenvalue weighted by molar-refractivity contribution is 5.40. The van der Waals surface area contributed by atoms with Crippen molar-refractivity contribution in [3.8, 4) is 11.5 Å². The molecule has 0 saturated heterocycles. The summed E-state index contributed by atoms with van der Waals surface area (Å²) in [4.78, 5) is 0. The van der Waals surface area contributed by atoms with Gasteiger partial charge in [0.1, 0.15) is 18.1 Å². The second-order valence-electron chi connectivity index (χ2n) is 4.98. The van der Waals surface area contributed by atoms with Gasteiger partial charge >= 0.3 is 0 Å². The molecule has 0 aliphatic carbocycles. The summed E-state index contributed by atoms with van der Waals surface area (Å²) in [6, 6.07) is 5.48. The first-order chi connectivity index (χ1) is 8.40. The molecule has 0 saturated carbocycles. The van der Waals surface area contributed by atoms with E-state index in [1.807, 2.05) is 32.0 Å². The highest BCUT2D eigenvalue weighted by Crippen LogP contribution is 2.25. The highest BCUT2D eigenvalue weighted by atomic mass is 16.5. The maximum absolute atomic E-state index is 10.1. The van der Waals surface area contributed by atoms with Gasteiger partial charge in [-0.15, -0.1) is 0 Å². The zero-order chi connectivity index (χ0) is 13.8. The van der Waals surface area contributed by atoms with Gasteiger partial charge in [-0.3, -0.25) is 0 Å². The van der Waals surface area contributed by atoms with Crippen LogP contribution in [-0.4, -0.2) is 24.4 Å². The lowest BCUT2D eigenvalue weighted by Gasteiger charge is -2.28. The van der Waals surface area contributed by atoms with E-state index in [-0.39, 0.29) is 12.5 Å². The van der Waals surface area contributed by atoms with Gasteiger partial charge < -0.3 is 20.3 Å². The van der Waals surface area contributed by atoms with E-state index in [4.69, 9.17) is 15.2 Å². The molecule has 0 aliphatic heterocycles. The fraction of sp³-hybridized carbons (Fsp3) is 0.571. The SMILES string of the molecule is COc1ccc(OCC(C)(O)C(C)C)c(CN)c1. The van der Waals surface area contributed by atoms with Crippen molar-refractivity contribution in [2.75, 3.05) is 13.7 Å². The van der Waals surface area contributed by atoms with Gasteiger partial charge in [0.2, 0.25) is 0 Å². The lowest BCUT2D eigenvalue weighted by molar-refractivity contribution is -0.0268. The maximum atomic E-state index is 10.1. The summed E-state index contributed by atoms with van der Waals surface area (Å²) >= 11 is 0. The Hall–Kier alpha value is -1.26. The molecule has 4 heteroatoms. The Kier molecular flexibility index (Phi) is 4.99. The van der Waals surface area contributed by atoms with E-state index in [0.717, 1.165) is 11.3 Å². The number of hydrogen-bond acceptors (Lipinski definition) is 4. The number of benzene rings is 1. The van der Waals surface area contributed by atoms with E-state index < -0.39 is 5.60 Å². The summed E-state index contributed by atoms with van der Waals surface area (Å²) < 4.78 is 10.8. The van der Waals surface area contributed by atoms with Crippen LogP contribution in [0.3, 0.4) is 0 Å². The zero-order valence-electron chi connectivity index (χ0n) is 11.6. The Balaban J connectivity index is 2.79. The summed E-state index contributed by atoms with van der Waals surface area (Å²) in [6.45, 7) is 6.30. The Morgan fingerprint density at radius 3 is 2.56 bits per heavy atom. The van der Waals surface area contributed by atoms with Crippen LogP contribution in [0.1, 0.15) is 26.3 Å². The molecule has 0 aromatic heterocycles. The van der Waals surface area contributed by atoms with Crippen LogP contribution in [-0.2, 0) is 6.54 Å². The lowest BCUT2D eigenvalue weighted by Crippen LogP contribution is -2.38. The molecule has 4 nitrogen and oxygen atoms in total. The number of ether oxygens (including phenoxy) is 2. The van der Waals surface area contributed by atoms with Crippen LogP contribution in [0.5, 0.6) is 11.5 Å². The third-order valence-electron chi connectivity index (χ3n) is 3.25. The standard InChI is InChI=1S/C14H23NO3/c1-10(2)14(3,16)9-18-13-6-5-12(17-4)7-11(13)8-15/h5-7,10,16H,8-9,15H2,1-4H3. The Bertz CT molecular complexity index is 389. The van der Waals surface area contributed by atoms with Crippen LogP contribution in [0.4, 0.5) is 0 Å². The molecule has 3 N–H and O–H groups in total. The zero-order valence-corrected chi connectivity index (χ0v) is 11.6. The Morgan fingerprint density at radius 1 is 1.39 bits per heavy atom. The molecule has 102 valence electrons. The van der Waals surface area contributed by atoms with Crippen LogP contribution in [0, 0.1) is 5.92 Å². The molecule has 0 heterocycles. The van der Waals surface area contributed by atoms with E-state index in [2.05, 4.69) is 0 Å². The fourth-order valence-electron chi connectivity index (χ4n) is 1.37. The number of methoxy groups -OCH3 is 1. The van der Waals surface area contributed by atoms with Crippen LogP contribution in [0.25, 0.3) is 0 Å². The number of hydrogen-bond donors (Lipinski definition) is 2. The monoisotopic (exact) mass is 253 g/mol. The molecule has 18 heavy (non-hydrogen) atoms. The van der Waals surface area contributed by atoms with Crippen LogP contribution in [0.2, 0.25) is 0 Å². The van der Waals surface area contributed by atoms with E-state index >= 15 is 0 Å². The third-order valence-corrected chi connectivity index (χ3v) is 3.25. The summed E-state index contributed by atoms with van der Waals surface area (Å²) in [6.07, 6.45) is 0.